The van der Waals surface area contributed by atoms with Crippen LogP contribution in [0.5, 0.6) is 0 Å². The highest BCUT2D eigenvalue weighted by Gasteiger charge is 2.26. The molecule has 1 unspecified atom stereocenters. The Morgan fingerprint density at radius 1 is 1.43 bits per heavy atom. The number of nitrogens with one attached hydrogen (secondary N) is 1. The van der Waals surface area contributed by atoms with Crippen molar-refractivity contribution < 1.29 is 9.32 Å². The molecule has 1 aliphatic heterocycles. The van der Waals surface area contributed by atoms with Crippen LogP contribution >= 0.6 is 0 Å². The van der Waals surface area contributed by atoms with Crippen LogP contribution in [-0.4, -0.2) is 41.1 Å². The van der Waals surface area contributed by atoms with Gasteiger partial charge in [0, 0.05) is 19.2 Å². The number of nitrogens with zero attached hydrogens (tertiary/aromatic N) is 3. The maximum atomic E-state index is 11.8. The standard InChI is InChI=1S/C17H22N4O2/c1-12-6-3-4-8-14(12)17-19-15(20-23-17)11-21-9-5-7-13(10-21)16(22)18-2/h3-4,6,8,13H,5,7,9-11H2,1-2H3,(H,18,22). The molecular weight excluding hydrogens is 292 g/mol. The van der Waals surface area contributed by atoms with Gasteiger partial charge in [0.1, 0.15) is 0 Å². The molecule has 2 aromatic rings. The van der Waals surface area contributed by atoms with E-state index in [1.54, 1.807) is 7.05 Å². The summed E-state index contributed by atoms with van der Waals surface area (Å²) >= 11 is 0. The van der Waals surface area contributed by atoms with Crippen LogP contribution in [-0.2, 0) is 11.3 Å². The van der Waals surface area contributed by atoms with Gasteiger partial charge in [0.2, 0.25) is 5.91 Å². The van der Waals surface area contributed by atoms with Gasteiger partial charge in [-0.15, -0.1) is 0 Å². The zero-order chi connectivity index (χ0) is 16.2. The second-order valence-corrected chi connectivity index (χ2v) is 6.02. The van der Waals surface area contributed by atoms with Gasteiger partial charge in [-0.2, -0.15) is 4.98 Å². The molecule has 1 aromatic heterocycles. The van der Waals surface area contributed by atoms with Crippen molar-refractivity contribution in [2.24, 2.45) is 5.92 Å². The number of carbonyl (C=O) groups excluding carboxylic acids is 1. The van der Waals surface area contributed by atoms with Crippen molar-refractivity contribution in [3.8, 4) is 11.5 Å². The van der Waals surface area contributed by atoms with E-state index in [-0.39, 0.29) is 11.8 Å². The Morgan fingerprint density at radius 2 is 2.26 bits per heavy atom. The van der Waals surface area contributed by atoms with Gasteiger partial charge in [-0.3, -0.25) is 9.69 Å². The minimum absolute atomic E-state index is 0.0523. The van der Waals surface area contributed by atoms with E-state index < -0.39 is 0 Å². The lowest BCUT2D eigenvalue weighted by Crippen LogP contribution is -2.41. The molecule has 2 heterocycles. The molecule has 1 aromatic carbocycles. The summed E-state index contributed by atoms with van der Waals surface area (Å²) in [6, 6.07) is 7.96. The van der Waals surface area contributed by atoms with Gasteiger partial charge in [0.05, 0.1) is 12.5 Å². The molecule has 1 atom stereocenters. The van der Waals surface area contributed by atoms with Gasteiger partial charge in [0.25, 0.3) is 5.89 Å². The van der Waals surface area contributed by atoms with Gasteiger partial charge in [0.15, 0.2) is 5.82 Å². The molecule has 0 saturated carbocycles. The lowest BCUT2D eigenvalue weighted by Gasteiger charge is -2.30. The fraction of sp³-hybridized carbons (Fsp3) is 0.471. The molecule has 1 fully saturated rings. The van der Waals surface area contributed by atoms with Crippen molar-refractivity contribution in [3.05, 3.63) is 35.7 Å². The Morgan fingerprint density at radius 3 is 3.04 bits per heavy atom. The quantitative estimate of drug-likeness (QED) is 0.934. The van der Waals surface area contributed by atoms with E-state index in [4.69, 9.17) is 4.52 Å². The number of likely N-dealkylation sites (tertiary alicyclic amines) is 1. The number of aromatic nitrogens is 2. The topological polar surface area (TPSA) is 71.3 Å². The smallest absolute Gasteiger partial charge is 0.258 e. The number of carbonyl (C=O) groups is 1. The molecule has 23 heavy (non-hydrogen) atoms. The van der Waals surface area contributed by atoms with E-state index in [0.717, 1.165) is 37.1 Å². The van der Waals surface area contributed by atoms with E-state index in [1.807, 2.05) is 31.2 Å². The Bertz CT molecular complexity index is 683. The lowest BCUT2D eigenvalue weighted by molar-refractivity contribution is -0.126. The first-order chi connectivity index (χ1) is 11.2. The van der Waals surface area contributed by atoms with Crippen LogP contribution in [0, 0.1) is 12.8 Å². The first-order valence-electron chi connectivity index (χ1n) is 8.00. The average Bonchev–Trinajstić information content (AvgIpc) is 3.03. The predicted octanol–water partition coefficient (Wildman–Crippen LogP) is 2.00. The first kappa shape index (κ1) is 15.7. The van der Waals surface area contributed by atoms with E-state index in [1.165, 1.54) is 0 Å². The summed E-state index contributed by atoms with van der Waals surface area (Å²) in [6.45, 7) is 4.34. The summed E-state index contributed by atoms with van der Waals surface area (Å²) in [4.78, 5) is 18.5. The van der Waals surface area contributed by atoms with Gasteiger partial charge in [-0.25, -0.2) is 0 Å². The second-order valence-electron chi connectivity index (χ2n) is 6.02. The number of benzene rings is 1. The van der Waals surface area contributed by atoms with Crippen LogP contribution in [0.2, 0.25) is 0 Å². The first-order valence-corrected chi connectivity index (χ1v) is 8.00. The van der Waals surface area contributed by atoms with Crippen LogP contribution in [0.1, 0.15) is 24.2 Å². The van der Waals surface area contributed by atoms with Crippen molar-refractivity contribution in [2.45, 2.75) is 26.3 Å². The third-order valence-corrected chi connectivity index (χ3v) is 4.33. The third kappa shape index (κ3) is 3.59. The third-order valence-electron chi connectivity index (χ3n) is 4.33. The maximum absolute atomic E-state index is 11.8. The fourth-order valence-corrected chi connectivity index (χ4v) is 3.06. The number of hydrogen-bond acceptors (Lipinski definition) is 5. The van der Waals surface area contributed by atoms with Crippen LogP contribution < -0.4 is 5.32 Å². The number of amides is 1. The Labute approximate surface area is 135 Å². The molecule has 0 bridgehead atoms. The second kappa shape index (κ2) is 6.91. The number of aryl methyl sites for hydroxylation is 1. The van der Waals surface area contributed by atoms with Gasteiger partial charge in [-0.1, -0.05) is 23.4 Å². The van der Waals surface area contributed by atoms with Crippen LogP contribution in [0.15, 0.2) is 28.8 Å². The molecule has 1 aliphatic rings. The average molecular weight is 314 g/mol. The van der Waals surface area contributed by atoms with Crippen molar-refractivity contribution in [1.82, 2.24) is 20.4 Å². The summed E-state index contributed by atoms with van der Waals surface area (Å²) < 4.78 is 5.40. The van der Waals surface area contributed by atoms with Crippen LogP contribution in [0.25, 0.3) is 11.5 Å². The largest absolute Gasteiger partial charge is 0.359 e. The Kier molecular flexibility index (Phi) is 4.71. The lowest BCUT2D eigenvalue weighted by atomic mass is 9.97. The molecule has 6 heteroatoms. The van der Waals surface area contributed by atoms with Crippen molar-refractivity contribution in [2.75, 3.05) is 20.1 Å². The van der Waals surface area contributed by atoms with Gasteiger partial charge >= 0.3 is 0 Å². The monoisotopic (exact) mass is 314 g/mol. The van der Waals surface area contributed by atoms with Crippen molar-refractivity contribution in [1.29, 1.82) is 0 Å². The highest BCUT2D eigenvalue weighted by atomic mass is 16.5. The summed E-state index contributed by atoms with van der Waals surface area (Å²) in [6.07, 6.45) is 1.96. The molecule has 0 spiro atoms. The molecular formula is C17H22N4O2. The number of piperidine rings is 1. The van der Waals surface area contributed by atoms with Crippen molar-refractivity contribution in [3.63, 3.8) is 0 Å². The van der Waals surface area contributed by atoms with Gasteiger partial charge in [-0.05, 0) is 37.9 Å². The highest BCUT2D eigenvalue weighted by molar-refractivity contribution is 5.78. The molecule has 3 rings (SSSR count). The zero-order valence-electron chi connectivity index (χ0n) is 13.6. The van der Waals surface area contributed by atoms with E-state index in [2.05, 4.69) is 20.4 Å². The minimum Gasteiger partial charge on any atom is -0.359 e. The predicted molar refractivity (Wildman–Crippen MR) is 86.5 cm³/mol. The molecule has 0 aliphatic carbocycles. The van der Waals surface area contributed by atoms with E-state index in [9.17, 15) is 4.79 Å². The number of rotatable bonds is 4. The molecule has 1 N–H and O–H groups in total. The Balaban J connectivity index is 1.67. The summed E-state index contributed by atoms with van der Waals surface area (Å²) in [5.41, 5.74) is 2.08. The van der Waals surface area contributed by atoms with Crippen LogP contribution in [0.4, 0.5) is 0 Å². The van der Waals surface area contributed by atoms with E-state index in [0.29, 0.717) is 18.3 Å². The molecule has 1 amide bonds. The molecule has 122 valence electrons. The normalized spacial score (nSPS) is 18.8. The SMILES string of the molecule is CNC(=O)C1CCCN(Cc2noc(-c3ccccc3C)n2)C1. The summed E-state index contributed by atoms with van der Waals surface area (Å²) in [7, 11) is 1.69. The molecule has 0 radical (unpaired) electrons. The fourth-order valence-electron chi connectivity index (χ4n) is 3.06. The van der Waals surface area contributed by atoms with E-state index >= 15 is 0 Å². The van der Waals surface area contributed by atoms with Gasteiger partial charge < -0.3 is 9.84 Å². The highest BCUT2D eigenvalue weighted by Crippen LogP contribution is 2.22. The maximum Gasteiger partial charge on any atom is 0.258 e. The minimum atomic E-state index is 0.0523. The molecule has 6 nitrogen and oxygen atoms in total. The number of hydrogen-bond donors (Lipinski definition) is 1. The Hall–Kier alpha value is -2.21. The van der Waals surface area contributed by atoms with Crippen LogP contribution in [0.3, 0.4) is 0 Å². The zero-order valence-corrected chi connectivity index (χ0v) is 13.6. The molecule has 1 saturated heterocycles. The summed E-state index contributed by atoms with van der Waals surface area (Å²) in [5.74, 6) is 1.39. The summed E-state index contributed by atoms with van der Waals surface area (Å²) in [5, 5.41) is 6.83. The van der Waals surface area contributed by atoms with Crippen molar-refractivity contribution >= 4 is 5.91 Å².